The molecule has 0 N–H and O–H groups in total. The summed E-state index contributed by atoms with van der Waals surface area (Å²) in [5.41, 5.74) is 2.30. The molecule has 0 aliphatic carbocycles. The Balaban J connectivity index is 3.19. The van der Waals surface area contributed by atoms with Crippen molar-refractivity contribution in [3.63, 3.8) is 0 Å². The second-order valence-corrected chi connectivity index (χ2v) is 3.21. The van der Waals surface area contributed by atoms with Crippen LogP contribution in [-0.4, -0.2) is 0 Å². The summed E-state index contributed by atoms with van der Waals surface area (Å²) in [6.07, 6.45) is 0. The number of hydrogen-bond donors (Lipinski definition) is 0. The Morgan fingerprint density at radius 3 is 2.73 bits per heavy atom. The molecular formula is C10H9Br. The van der Waals surface area contributed by atoms with E-state index in [0.717, 1.165) is 10.0 Å². The summed E-state index contributed by atoms with van der Waals surface area (Å²) in [5.74, 6) is 5.89. The van der Waals surface area contributed by atoms with Crippen molar-refractivity contribution in [1.29, 1.82) is 0 Å². The molecule has 0 atom stereocenters. The van der Waals surface area contributed by atoms with Crippen LogP contribution in [0.5, 0.6) is 0 Å². The fourth-order valence-corrected chi connectivity index (χ4v) is 1.22. The van der Waals surface area contributed by atoms with E-state index in [1.165, 1.54) is 5.56 Å². The minimum atomic E-state index is 1.06. The molecule has 56 valence electrons. The molecule has 0 saturated carbocycles. The van der Waals surface area contributed by atoms with Crippen LogP contribution in [0.25, 0.3) is 0 Å². The van der Waals surface area contributed by atoms with Gasteiger partial charge in [0.1, 0.15) is 0 Å². The number of hydrogen-bond acceptors (Lipinski definition) is 0. The molecule has 1 heteroatoms. The van der Waals surface area contributed by atoms with Crippen LogP contribution < -0.4 is 0 Å². The van der Waals surface area contributed by atoms with Crippen molar-refractivity contribution in [2.24, 2.45) is 0 Å². The van der Waals surface area contributed by atoms with Gasteiger partial charge in [-0.15, -0.1) is 5.92 Å². The maximum atomic E-state index is 3.43. The number of rotatable bonds is 0. The van der Waals surface area contributed by atoms with Crippen molar-refractivity contribution in [1.82, 2.24) is 0 Å². The molecule has 0 aliphatic heterocycles. The molecule has 0 heterocycles. The monoisotopic (exact) mass is 208 g/mol. The van der Waals surface area contributed by atoms with E-state index < -0.39 is 0 Å². The lowest BCUT2D eigenvalue weighted by Crippen LogP contribution is -1.78. The number of aryl methyl sites for hydroxylation is 1. The van der Waals surface area contributed by atoms with Crippen molar-refractivity contribution in [3.8, 4) is 11.8 Å². The van der Waals surface area contributed by atoms with Crippen molar-refractivity contribution in [2.45, 2.75) is 13.8 Å². The molecule has 0 unspecified atom stereocenters. The Kier molecular flexibility index (Phi) is 2.73. The maximum Gasteiger partial charge on any atom is 0.0389 e. The normalized spacial score (nSPS) is 8.64. The summed E-state index contributed by atoms with van der Waals surface area (Å²) in [6, 6.07) is 6.15. The average Bonchev–Trinajstić information content (AvgIpc) is 1.98. The van der Waals surface area contributed by atoms with Gasteiger partial charge in [-0.3, -0.25) is 0 Å². The molecule has 1 aromatic carbocycles. The highest BCUT2D eigenvalue weighted by Crippen LogP contribution is 2.16. The summed E-state index contributed by atoms with van der Waals surface area (Å²) >= 11 is 3.43. The molecule has 0 radical (unpaired) electrons. The summed E-state index contributed by atoms with van der Waals surface area (Å²) in [6.45, 7) is 3.90. The van der Waals surface area contributed by atoms with Gasteiger partial charge in [-0.2, -0.15) is 0 Å². The average molecular weight is 209 g/mol. The van der Waals surface area contributed by atoms with Gasteiger partial charge in [-0.1, -0.05) is 12.0 Å². The first kappa shape index (κ1) is 8.36. The van der Waals surface area contributed by atoms with Crippen molar-refractivity contribution >= 4 is 15.9 Å². The first-order valence-corrected chi connectivity index (χ1v) is 4.22. The fraction of sp³-hybridized carbons (Fsp3) is 0.200. The second-order valence-electron chi connectivity index (χ2n) is 2.36. The molecule has 0 fully saturated rings. The summed E-state index contributed by atoms with van der Waals surface area (Å²) in [5, 5.41) is 0. The molecular weight excluding hydrogens is 200 g/mol. The van der Waals surface area contributed by atoms with Gasteiger partial charge in [0.2, 0.25) is 0 Å². The predicted octanol–water partition coefficient (Wildman–Crippen LogP) is 3.13. The highest BCUT2D eigenvalue weighted by molar-refractivity contribution is 9.10. The van der Waals surface area contributed by atoms with Crippen LogP contribution >= 0.6 is 15.9 Å². The van der Waals surface area contributed by atoms with Crippen molar-refractivity contribution < 1.29 is 0 Å². The Labute approximate surface area is 75.8 Å². The molecule has 0 bridgehead atoms. The number of halogens is 1. The quantitative estimate of drug-likeness (QED) is 0.576. The third kappa shape index (κ3) is 2.10. The van der Waals surface area contributed by atoms with Crippen LogP contribution in [0.2, 0.25) is 0 Å². The Bertz CT molecular complexity index is 315. The Morgan fingerprint density at radius 2 is 2.09 bits per heavy atom. The van der Waals surface area contributed by atoms with Gasteiger partial charge in [0, 0.05) is 10.0 Å². The van der Waals surface area contributed by atoms with E-state index >= 15 is 0 Å². The van der Waals surface area contributed by atoms with Gasteiger partial charge in [0.25, 0.3) is 0 Å². The van der Waals surface area contributed by atoms with Crippen molar-refractivity contribution in [2.75, 3.05) is 0 Å². The van der Waals surface area contributed by atoms with E-state index in [-0.39, 0.29) is 0 Å². The second kappa shape index (κ2) is 3.59. The smallest absolute Gasteiger partial charge is 0.0389 e. The van der Waals surface area contributed by atoms with Crippen molar-refractivity contribution in [3.05, 3.63) is 33.8 Å². The molecule has 11 heavy (non-hydrogen) atoms. The molecule has 0 saturated heterocycles. The zero-order chi connectivity index (χ0) is 8.27. The summed E-state index contributed by atoms with van der Waals surface area (Å²) in [4.78, 5) is 0. The van der Waals surface area contributed by atoms with Crippen LogP contribution in [0, 0.1) is 18.8 Å². The standard InChI is InChI=1S/C10H9Br/c1-3-4-9-7-8(2)5-6-10(9)11/h5-7H,1-2H3. The van der Waals surface area contributed by atoms with Gasteiger partial charge in [0.05, 0.1) is 0 Å². The van der Waals surface area contributed by atoms with E-state index in [1.54, 1.807) is 0 Å². The topological polar surface area (TPSA) is 0 Å². The third-order valence-electron chi connectivity index (χ3n) is 1.38. The van der Waals surface area contributed by atoms with Gasteiger partial charge in [-0.25, -0.2) is 0 Å². The molecule has 0 aromatic heterocycles. The third-order valence-corrected chi connectivity index (χ3v) is 2.07. The maximum absolute atomic E-state index is 3.43. The Hall–Kier alpha value is -0.740. The van der Waals surface area contributed by atoms with Gasteiger partial charge >= 0.3 is 0 Å². The van der Waals surface area contributed by atoms with Gasteiger partial charge < -0.3 is 0 Å². The minimum absolute atomic E-state index is 1.06. The van der Waals surface area contributed by atoms with Crippen LogP contribution in [0.4, 0.5) is 0 Å². The molecule has 1 aromatic rings. The predicted molar refractivity (Wildman–Crippen MR) is 51.4 cm³/mol. The molecule has 0 spiro atoms. The van der Waals surface area contributed by atoms with E-state index in [2.05, 4.69) is 46.8 Å². The largest absolute Gasteiger partial charge is 0.101 e. The van der Waals surface area contributed by atoms with Crippen LogP contribution in [0.3, 0.4) is 0 Å². The lowest BCUT2D eigenvalue weighted by Gasteiger charge is -1.96. The van der Waals surface area contributed by atoms with E-state index in [9.17, 15) is 0 Å². The Morgan fingerprint density at radius 1 is 1.36 bits per heavy atom. The van der Waals surface area contributed by atoms with E-state index in [0.29, 0.717) is 0 Å². The zero-order valence-corrected chi connectivity index (χ0v) is 8.20. The first-order chi connectivity index (χ1) is 5.24. The lowest BCUT2D eigenvalue weighted by atomic mass is 10.1. The SMILES string of the molecule is CC#Cc1cc(C)ccc1Br. The fourth-order valence-electron chi connectivity index (χ4n) is 0.870. The van der Waals surface area contributed by atoms with Crippen LogP contribution in [0.1, 0.15) is 18.1 Å². The highest BCUT2D eigenvalue weighted by atomic mass is 79.9. The molecule has 0 aliphatic rings. The lowest BCUT2D eigenvalue weighted by molar-refractivity contribution is 1.43. The highest BCUT2D eigenvalue weighted by Gasteiger charge is 1.94. The zero-order valence-electron chi connectivity index (χ0n) is 6.61. The molecule has 0 nitrogen and oxygen atoms in total. The number of benzene rings is 1. The summed E-state index contributed by atoms with van der Waals surface area (Å²) < 4.78 is 1.07. The van der Waals surface area contributed by atoms with E-state index in [1.807, 2.05) is 13.0 Å². The van der Waals surface area contributed by atoms with Gasteiger partial charge in [0.15, 0.2) is 0 Å². The molecule has 1 rings (SSSR count). The van der Waals surface area contributed by atoms with Crippen LogP contribution in [0.15, 0.2) is 22.7 Å². The van der Waals surface area contributed by atoms with Gasteiger partial charge in [-0.05, 0) is 47.5 Å². The first-order valence-electron chi connectivity index (χ1n) is 3.43. The molecule has 0 amide bonds. The van der Waals surface area contributed by atoms with E-state index in [4.69, 9.17) is 0 Å². The van der Waals surface area contributed by atoms with Crippen LogP contribution in [-0.2, 0) is 0 Å². The minimum Gasteiger partial charge on any atom is -0.101 e. The summed E-state index contributed by atoms with van der Waals surface area (Å²) in [7, 11) is 0.